The van der Waals surface area contributed by atoms with Gasteiger partial charge < -0.3 is 0 Å². The molecule has 0 aliphatic carbocycles. The highest BCUT2D eigenvalue weighted by Gasteiger charge is 2.41. The molecule has 1 atom stereocenters. The molecule has 1 heterocycles. The lowest BCUT2D eigenvalue weighted by Crippen LogP contribution is -2.35. The van der Waals surface area contributed by atoms with E-state index in [0.29, 0.717) is 6.08 Å². The fourth-order valence-corrected chi connectivity index (χ4v) is 2.64. The number of hydrogen-bond donors (Lipinski definition) is 0. The Balaban J connectivity index is 2.20. The van der Waals surface area contributed by atoms with Gasteiger partial charge in [-0.25, -0.2) is 22.0 Å². The van der Waals surface area contributed by atoms with Crippen LogP contribution in [0.2, 0.25) is 0 Å². The Morgan fingerprint density at radius 1 is 0.960 bits per heavy atom. The van der Waals surface area contributed by atoms with Gasteiger partial charge in [0, 0.05) is 11.6 Å². The summed E-state index contributed by atoms with van der Waals surface area (Å²) in [6.07, 6.45) is -2.36. The standard InChI is InChI=1S/C17H11F6N2/c1-25(15(20)8-13(24-25)17(22)23)14-5-3-2-4-10(14)9-6-11(18)16(21)12(19)7-9/h2-8,17H,1H3/q+1. The lowest BCUT2D eigenvalue weighted by atomic mass is 10.0. The zero-order valence-electron chi connectivity index (χ0n) is 12.8. The van der Waals surface area contributed by atoms with Crippen LogP contribution in [0.5, 0.6) is 0 Å². The second-order valence-electron chi connectivity index (χ2n) is 5.52. The minimum atomic E-state index is -2.97. The molecule has 0 saturated carbocycles. The number of halogens is 6. The van der Waals surface area contributed by atoms with Gasteiger partial charge >= 0.3 is 5.95 Å². The van der Waals surface area contributed by atoms with E-state index < -0.39 is 40.1 Å². The van der Waals surface area contributed by atoms with Crippen molar-refractivity contribution in [3.63, 3.8) is 0 Å². The summed E-state index contributed by atoms with van der Waals surface area (Å²) >= 11 is 0. The van der Waals surface area contributed by atoms with Gasteiger partial charge in [-0.3, -0.25) is 0 Å². The molecule has 0 fully saturated rings. The highest BCUT2D eigenvalue weighted by atomic mass is 19.3. The van der Waals surface area contributed by atoms with Gasteiger partial charge in [0.05, 0.1) is 6.08 Å². The largest absolute Gasteiger partial charge is 0.319 e. The van der Waals surface area contributed by atoms with E-state index in [1.54, 1.807) is 0 Å². The summed E-state index contributed by atoms with van der Waals surface area (Å²) in [5, 5.41) is 3.69. The van der Waals surface area contributed by atoms with E-state index in [-0.39, 0.29) is 16.8 Å². The van der Waals surface area contributed by atoms with Crippen LogP contribution in [0.1, 0.15) is 0 Å². The second-order valence-corrected chi connectivity index (χ2v) is 5.52. The molecule has 3 rings (SSSR count). The third-order valence-electron chi connectivity index (χ3n) is 3.89. The third kappa shape index (κ3) is 2.82. The van der Waals surface area contributed by atoms with Crippen molar-refractivity contribution in [2.24, 2.45) is 5.10 Å². The van der Waals surface area contributed by atoms with Crippen LogP contribution in [0.15, 0.2) is 53.5 Å². The zero-order valence-corrected chi connectivity index (χ0v) is 12.8. The maximum atomic E-state index is 14.4. The molecular weight excluding hydrogens is 346 g/mol. The van der Waals surface area contributed by atoms with Gasteiger partial charge in [-0.2, -0.15) is 0 Å². The van der Waals surface area contributed by atoms with Gasteiger partial charge in [0.2, 0.25) is 0 Å². The lowest BCUT2D eigenvalue weighted by Gasteiger charge is -2.24. The molecule has 2 nitrogen and oxygen atoms in total. The van der Waals surface area contributed by atoms with E-state index in [4.69, 9.17) is 0 Å². The molecule has 0 amide bonds. The van der Waals surface area contributed by atoms with Gasteiger partial charge in [0.15, 0.2) is 28.9 Å². The first-order valence-electron chi connectivity index (χ1n) is 7.11. The van der Waals surface area contributed by atoms with Crippen molar-refractivity contribution in [1.29, 1.82) is 0 Å². The molecule has 0 aromatic heterocycles. The molecule has 130 valence electrons. The molecule has 25 heavy (non-hydrogen) atoms. The number of allylic oxidation sites excluding steroid dienone is 1. The molecule has 0 saturated heterocycles. The van der Waals surface area contributed by atoms with Crippen molar-refractivity contribution in [1.82, 2.24) is 4.59 Å². The predicted molar refractivity (Wildman–Crippen MR) is 82.1 cm³/mol. The highest BCUT2D eigenvalue weighted by molar-refractivity contribution is 6.00. The number of alkyl halides is 2. The molecular formula is C17H11F6N2+. The van der Waals surface area contributed by atoms with Crippen molar-refractivity contribution < 1.29 is 26.3 Å². The fraction of sp³-hybridized carbons (Fsp3) is 0.118. The Morgan fingerprint density at radius 3 is 2.12 bits per heavy atom. The first kappa shape index (κ1) is 17.2. The molecule has 2 aromatic carbocycles. The van der Waals surface area contributed by atoms with Crippen LogP contribution in [0.4, 0.5) is 32.0 Å². The average Bonchev–Trinajstić information content (AvgIpc) is 2.89. The summed E-state index contributed by atoms with van der Waals surface area (Å²) in [4.78, 5) is 0. The van der Waals surface area contributed by atoms with E-state index in [0.717, 1.165) is 12.1 Å². The molecule has 0 spiro atoms. The minimum absolute atomic E-state index is 0.0670. The molecule has 1 aliphatic rings. The molecule has 0 radical (unpaired) electrons. The second kappa shape index (κ2) is 6.03. The van der Waals surface area contributed by atoms with Gasteiger partial charge in [0.25, 0.3) is 6.43 Å². The van der Waals surface area contributed by atoms with Crippen molar-refractivity contribution in [3.8, 4) is 11.1 Å². The molecule has 8 heteroatoms. The summed E-state index contributed by atoms with van der Waals surface area (Å²) < 4.78 is 79.4. The number of rotatable bonds is 3. The maximum Gasteiger partial charge on any atom is 0.319 e. The number of benzene rings is 2. The first-order valence-corrected chi connectivity index (χ1v) is 7.11. The summed E-state index contributed by atoms with van der Waals surface area (Å²) in [5.41, 5.74) is -0.617. The van der Waals surface area contributed by atoms with Crippen LogP contribution >= 0.6 is 0 Å². The first-order chi connectivity index (χ1) is 11.7. The van der Waals surface area contributed by atoms with E-state index in [1.165, 1.54) is 31.3 Å². The molecule has 0 N–H and O–H groups in total. The van der Waals surface area contributed by atoms with E-state index in [2.05, 4.69) is 5.10 Å². The van der Waals surface area contributed by atoms with Crippen molar-refractivity contribution in [3.05, 3.63) is 65.9 Å². The Bertz CT molecular complexity index is 883. The fourth-order valence-electron chi connectivity index (χ4n) is 2.64. The highest BCUT2D eigenvalue weighted by Crippen LogP contribution is 2.40. The Morgan fingerprint density at radius 2 is 1.56 bits per heavy atom. The quantitative estimate of drug-likeness (QED) is 0.312. The van der Waals surface area contributed by atoms with Gasteiger partial charge in [-0.1, -0.05) is 17.2 Å². The van der Waals surface area contributed by atoms with Crippen LogP contribution in [0, 0.1) is 17.5 Å². The van der Waals surface area contributed by atoms with Crippen molar-refractivity contribution in [2.75, 3.05) is 7.05 Å². The topological polar surface area (TPSA) is 12.4 Å². The lowest BCUT2D eigenvalue weighted by molar-refractivity contribution is 0.224. The van der Waals surface area contributed by atoms with Crippen LogP contribution in [-0.2, 0) is 0 Å². The summed E-state index contributed by atoms with van der Waals surface area (Å²) in [6, 6.07) is 7.31. The van der Waals surface area contributed by atoms with Crippen LogP contribution in [0.3, 0.4) is 0 Å². The summed E-state index contributed by atoms with van der Waals surface area (Å²) in [7, 11) is 1.22. The molecule has 1 unspecified atom stereocenters. The van der Waals surface area contributed by atoms with Gasteiger partial charge in [0.1, 0.15) is 7.05 Å². The number of quaternary nitrogens is 1. The molecule has 0 bridgehead atoms. The smallest absolute Gasteiger partial charge is 0.204 e. The zero-order chi connectivity index (χ0) is 18.4. The SMILES string of the molecule is C[N+]1(c2ccccc2-c2cc(F)c(F)c(F)c2)N=C(C(F)F)C=C1F. The number of para-hydroxylation sites is 1. The number of hydrogen-bond acceptors (Lipinski definition) is 1. The monoisotopic (exact) mass is 357 g/mol. The maximum absolute atomic E-state index is 14.4. The van der Waals surface area contributed by atoms with Gasteiger partial charge in [-0.05, 0) is 23.8 Å². The van der Waals surface area contributed by atoms with Gasteiger partial charge in [-0.15, -0.1) is 8.98 Å². The Hall–Kier alpha value is -2.61. The Labute approximate surface area is 138 Å². The molecule has 1 aliphatic heterocycles. The van der Waals surface area contributed by atoms with Crippen LogP contribution in [0.25, 0.3) is 11.1 Å². The average molecular weight is 357 g/mol. The van der Waals surface area contributed by atoms with E-state index in [1.807, 2.05) is 0 Å². The number of nitrogens with zero attached hydrogens (tertiary/aromatic N) is 2. The predicted octanol–water partition coefficient (Wildman–Crippen LogP) is 5.15. The Kier molecular flexibility index (Phi) is 4.16. The summed E-state index contributed by atoms with van der Waals surface area (Å²) in [5.74, 6) is -5.44. The summed E-state index contributed by atoms with van der Waals surface area (Å²) in [6.45, 7) is 0. The van der Waals surface area contributed by atoms with Crippen molar-refractivity contribution >= 4 is 11.4 Å². The molecule has 2 aromatic rings. The minimum Gasteiger partial charge on any atom is -0.204 e. The van der Waals surface area contributed by atoms with Crippen LogP contribution < -0.4 is 4.59 Å². The van der Waals surface area contributed by atoms with Crippen LogP contribution in [-0.4, -0.2) is 19.2 Å². The third-order valence-corrected chi connectivity index (χ3v) is 3.89. The van der Waals surface area contributed by atoms with E-state index >= 15 is 0 Å². The van der Waals surface area contributed by atoms with Crippen molar-refractivity contribution in [2.45, 2.75) is 6.43 Å². The normalized spacial score (nSPS) is 20.0. The van der Waals surface area contributed by atoms with E-state index in [9.17, 15) is 26.3 Å².